The Hall–Kier alpha value is -1.22. The van der Waals surface area contributed by atoms with Crippen molar-refractivity contribution in [3.63, 3.8) is 0 Å². The minimum absolute atomic E-state index is 0.0824. The normalized spacial score (nSPS) is 17.4. The van der Waals surface area contributed by atoms with Crippen LogP contribution >= 0.6 is 22.9 Å². The zero-order valence-corrected chi connectivity index (χ0v) is 15.7. The summed E-state index contributed by atoms with van der Waals surface area (Å²) in [7, 11) is -1.96. The van der Waals surface area contributed by atoms with E-state index in [0.717, 1.165) is 28.2 Å². The molecule has 1 aromatic carbocycles. The molecule has 1 aromatic heterocycles. The van der Waals surface area contributed by atoms with Crippen LogP contribution in [-0.2, 0) is 17.1 Å². The predicted octanol–water partition coefficient (Wildman–Crippen LogP) is 2.68. The lowest BCUT2D eigenvalue weighted by Gasteiger charge is -2.16. The van der Waals surface area contributed by atoms with Crippen molar-refractivity contribution < 1.29 is 8.42 Å². The topological polar surface area (TPSA) is 90.3 Å². The van der Waals surface area contributed by atoms with Crippen molar-refractivity contribution in [2.45, 2.75) is 43.0 Å². The van der Waals surface area contributed by atoms with Gasteiger partial charge >= 0.3 is 0 Å². The highest BCUT2D eigenvalue weighted by Crippen LogP contribution is 2.28. The number of nitrogens with two attached hydrogens (primary N) is 1. The molecular formula is C15H19ClN4O2S2. The van der Waals surface area contributed by atoms with Crippen LogP contribution in [0.2, 0.25) is 5.02 Å². The summed E-state index contributed by atoms with van der Waals surface area (Å²) < 4.78 is 24.6. The van der Waals surface area contributed by atoms with Crippen LogP contribution in [0.3, 0.4) is 0 Å². The number of hydrogen-bond donors (Lipinski definition) is 1. The molecule has 6 nitrogen and oxygen atoms in total. The third kappa shape index (κ3) is 3.88. The summed E-state index contributed by atoms with van der Waals surface area (Å²) in [6, 6.07) is 5.01. The molecule has 1 aliphatic rings. The van der Waals surface area contributed by atoms with Gasteiger partial charge in [-0.15, -0.1) is 0 Å². The molecule has 1 fully saturated rings. The average Bonchev–Trinajstić information content (AvgIpc) is 2.88. The molecule has 1 saturated carbocycles. The lowest BCUT2D eigenvalue weighted by molar-refractivity contribution is 0.434. The third-order valence-corrected chi connectivity index (χ3v) is 6.52. The Kier molecular flexibility index (Phi) is 5.10. The van der Waals surface area contributed by atoms with Crippen molar-refractivity contribution in [2.24, 2.45) is 17.2 Å². The van der Waals surface area contributed by atoms with E-state index in [-0.39, 0.29) is 9.92 Å². The largest absolute Gasteiger partial charge is 0.254 e. The molecule has 130 valence electrons. The Morgan fingerprint density at radius 2 is 2.04 bits per heavy atom. The minimum Gasteiger partial charge on any atom is -0.254 e. The second-order valence-corrected chi connectivity index (χ2v) is 8.82. The smallest absolute Gasteiger partial charge is 0.239 e. The quantitative estimate of drug-likeness (QED) is 0.879. The SMILES string of the molecule is Cn1nc(-c2ccc(S(N)(=O)=O)c(Cl)c2)s/c1=N/C1CCCCC1. The van der Waals surface area contributed by atoms with Crippen LogP contribution in [0.4, 0.5) is 0 Å². The number of primary sulfonamides is 1. The number of sulfonamides is 1. The summed E-state index contributed by atoms with van der Waals surface area (Å²) in [6.45, 7) is 0. The van der Waals surface area contributed by atoms with Crippen molar-refractivity contribution >= 4 is 33.0 Å². The van der Waals surface area contributed by atoms with Crippen LogP contribution < -0.4 is 9.94 Å². The van der Waals surface area contributed by atoms with Gasteiger partial charge in [0, 0.05) is 12.6 Å². The van der Waals surface area contributed by atoms with Crippen LogP contribution in [0.5, 0.6) is 0 Å². The maximum Gasteiger partial charge on any atom is 0.239 e. The van der Waals surface area contributed by atoms with E-state index in [1.165, 1.54) is 36.7 Å². The molecule has 2 N–H and O–H groups in total. The maximum atomic E-state index is 11.4. The highest BCUT2D eigenvalue weighted by molar-refractivity contribution is 7.89. The predicted molar refractivity (Wildman–Crippen MR) is 95.3 cm³/mol. The second-order valence-electron chi connectivity index (χ2n) is 5.92. The lowest BCUT2D eigenvalue weighted by atomic mass is 9.96. The molecule has 0 atom stereocenters. The molecule has 1 heterocycles. The molecule has 0 aliphatic heterocycles. The van der Waals surface area contributed by atoms with Crippen LogP contribution in [-0.4, -0.2) is 24.2 Å². The Morgan fingerprint density at radius 1 is 1.33 bits per heavy atom. The summed E-state index contributed by atoms with van der Waals surface area (Å²) >= 11 is 7.53. The number of halogens is 1. The lowest BCUT2D eigenvalue weighted by Crippen LogP contribution is -2.18. The molecule has 1 aliphatic carbocycles. The molecular weight excluding hydrogens is 368 g/mol. The minimum atomic E-state index is -3.83. The van der Waals surface area contributed by atoms with Crippen LogP contribution in [0, 0.1) is 0 Å². The van der Waals surface area contributed by atoms with Gasteiger partial charge in [0.05, 0.1) is 11.1 Å². The number of nitrogens with zero attached hydrogens (tertiary/aromatic N) is 3. The molecule has 0 radical (unpaired) electrons. The van der Waals surface area contributed by atoms with Gasteiger partial charge in [0.15, 0.2) is 0 Å². The zero-order valence-electron chi connectivity index (χ0n) is 13.3. The van der Waals surface area contributed by atoms with Gasteiger partial charge in [0.25, 0.3) is 0 Å². The Labute approximate surface area is 150 Å². The van der Waals surface area contributed by atoms with E-state index in [0.29, 0.717) is 6.04 Å². The van der Waals surface area contributed by atoms with E-state index in [1.54, 1.807) is 16.8 Å². The van der Waals surface area contributed by atoms with Gasteiger partial charge in [-0.05, 0) is 25.0 Å². The number of rotatable bonds is 3. The Balaban J connectivity index is 1.95. The van der Waals surface area contributed by atoms with Crippen LogP contribution in [0.1, 0.15) is 32.1 Å². The van der Waals surface area contributed by atoms with Crippen molar-refractivity contribution in [1.29, 1.82) is 0 Å². The third-order valence-electron chi connectivity index (χ3n) is 4.06. The number of benzene rings is 1. The second kappa shape index (κ2) is 6.95. The van der Waals surface area contributed by atoms with Gasteiger partial charge in [0.1, 0.15) is 9.90 Å². The van der Waals surface area contributed by atoms with Crippen molar-refractivity contribution in [1.82, 2.24) is 9.78 Å². The van der Waals surface area contributed by atoms with E-state index in [1.807, 2.05) is 7.05 Å². The van der Waals surface area contributed by atoms with Gasteiger partial charge in [-0.2, -0.15) is 5.10 Å². The van der Waals surface area contributed by atoms with E-state index in [4.69, 9.17) is 21.7 Å². The molecule has 0 unspecified atom stereocenters. The molecule has 24 heavy (non-hydrogen) atoms. The first kappa shape index (κ1) is 17.6. The summed E-state index contributed by atoms with van der Waals surface area (Å²) in [4.78, 5) is 5.60. The van der Waals surface area contributed by atoms with Crippen molar-refractivity contribution in [3.05, 3.63) is 28.0 Å². The maximum absolute atomic E-state index is 11.4. The Bertz CT molecular complexity index is 912. The van der Waals surface area contributed by atoms with E-state index >= 15 is 0 Å². The molecule has 9 heteroatoms. The van der Waals surface area contributed by atoms with Crippen LogP contribution in [0.25, 0.3) is 10.6 Å². The summed E-state index contributed by atoms with van der Waals surface area (Å²) in [5.41, 5.74) is 0.748. The Morgan fingerprint density at radius 3 is 2.67 bits per heavy atom. The van der Waals surface area contributed by atoms with Gasteiger partial charge in [-0.3, -0.25) is 4.99 Å². The standard InChI is InChI=1S/C15H19ClN4O2S2/c1-20-15(18-11-5-3-2-4-6-11)23-14(19-20)10-7-8-13(12(16)9-10)24(17,21)22/h7-9,11H,2-6H2,1H3,(H2,17,21,22)/b18-15+. The fourth-order valence-electron chi connectivity index (χ4n) is 2.81. The van der Waals surface area contributed by atoms with Crippen molar-refractivity contribution in [2.75, 3.05) is 0 Å². The van der Waals surface area contributed by atoms with Crippen molar-refractivity contribution in [3.8, 4) is 10.6 Å². The molecule has 0 amide bonds. The van der Waals surface area contributed by atoms with E-state index in [2.05, 4.69) is 5.10 Å². The molecule has 3 rings (SSSR count). The molecule has 2 aromatic rings. The highest BCUT2D eigenvalue weighted by atomic mass is 35.5. The zero-order chi connectivity index (χ0) is 17.3. The van der Waals surface area contributed by atoms with Gasteiger partial charge in [-0.25, -0.2) is 18.2 Å². The molecule has 0 bridgehead atoms. The highest BCUT2D eigenvalue weighted by Gasteiger charge is 2.16. The average molecular weight is 387 g/mol. The van der Waals surface area contributed by atoms with Gasteiger partial charge in [-0.1, -0.05) is 48.3 Å². The molecule has 0 saturated heterocycles. The van der Waals surface area contributed by atoms with Gasteiger partial charge < -0.3 is 0 Å². The number of hydrogen-bond acceptors (Lipinski definition) is 5. The first-order chi connectivity index (χ1) is 11.3. The molecule has 0 spiro atoms. The first-order valence-corrected chi connectivity index (χ1v) is 10.5. The monoisotopic (exact) mass is 386 g/mol. The van der Waals surface area contributed by atoms with Crippen LogP contribution in [0.15, 0.2) is 28.1 Å². The van der Waals surface area contributed by atoms with E-state index in [9.17, 15) is 8.42 Å². The number of aryl methyl sites for hydroxylation is 1. The fourth-order valence-corrected chi connectivity index (χ4v) is 4.86. The first-order valence-electron chi connectivity index (χ1n) is 7.75. The summed E-state index contributed by atoms with van der Waals surface area (Å²) in [5.74, 6) is 0. The fraction of sp³-hybridized carbons (Fsp3) is 0.467. The number of aromatic nitrogens is 2. The summed E-state index contributed by atoms with van der Waals surface area (Å²) in [6.07, 6.45) is 6.01. The summed E-state index contributed by atoms with van der Waals surface area (Å²) in [5, 5.41) is 10.5. The van der Waals surface area contributed by atoms with Gasteiger partial charge in [0.2, 0.25) is 14.8 Å². The van der Waals surface area contributed by atoms with E-state index < -0.39 is 10.0 Å².